The van der Waals surface area contributed by atoms with Gasteiger partial charge in [-0.3, -0.25) is 4.79 Å². The molecule has 1 aromatic rings. The van der Waals surface area contributed by atoms with Gasteiger partial charge in [-0.15, -0.1) is 0 Å². The van der Waals surface area contributed by atoms with Crippen molar-refractivity contribution in [1.29, 1.82) is 0 Å². The molecular formula is C29H48N4O4S. The molecule has 2 aliphatic heterocycles. The summed E-state index contributed by atoms with van der Waals surface area (Å²) in [7, 11) is -0.580. The van der Waals surface area contributed by atoms with E-state index in [0.29, 0.717) is 27.8 Å². The van der Waals surface area contributed by atoms with Crippen molar-refractivity contribution in [3.8, 4) is 5.75 Å². The van der Waals surface area contributed by atoms with E-state index in [0.717, 1.165) is 31.6 Å². The number of amides is 1. The molecule has 214 valence electrons. The van der Waals surface area contributed by atoms with Crippen LogP contribution in [-0.2, 0) is 14.8 Å². The second-order valence-electron chi connectivity index (χ2n) is 11.7. The van der Waals surface area contributed by atoms with Crippen LogP contribution in [0.1, 0.15) is 68.9 Å². The van der Waals surface area contributed by atoms with Crippen LogP contribution >= 0.6 is 0 Å². The van der Waals surface area contributed by atoms with E-state index in [1.807, 2.05) is 0 Å². The number of ether oxygens (including phenoxy) is 1. The van der Waals surface area contributed by atoms with E-state index in [1.54, 1.807) is 40.1 Å². The number of methoxy groups -OCH3 is 1. The number of piperidine rings is 1. The molecular weight excluding hydrogens is 500 g/mol. The van der Waals surface area contributed by atoms with Gasteiger partial charge < -0.3 is 19.9 Å². The van der Waals surface area contributed by atoms with E-state index in [4.69, 9.17) is 4.74 Å². The molecule has 2 heterocycles. The molecule has 3 aliphatic rings. The first kappa shape index (κ1) is 29.3. The Morgan fingerprint density at radius 2 is 1.66 bits per heavy atom. The van der Waals surface area contributed by atoms with Crippen molar-refractivity contribution < 1.29 is 17.9 Å². The third-order valence-electron chi connectivity index (χ3n) is 9.02. The molecule has 9 heteroatoms. The number of hydrogen-bond donors (Lipinski definition) is 1. The number of nitrogens with zero attached hydrogens (tertiary/aromatic N) is 3. The van der Waals surface area contributed by atoms with Gasteiger partial charge in [-0.2, -0.15) is 0 Å². The molecule has 1 saturated carbocycles. The minimum atomic E-state index is -3.69. The molecule has 0 bridgehead atoms. The highest BCUT2D eigenvalue weighted by molar-refractivity contribution is 7.89. The fraction of sp³-hybridized carbons (Fsp3) is 0.759. The SMILES string of the molecule is COc1cc(C)c(S(=O)(=O)N(C)CCC(=O)NC2CCC(N3CCC(CCN4CCC4)CC3)CC2)c(C)c1. The smallest absolute Gasteiger partial charge is 0.243 e. The van der Waals surface area contributed by atoms with Gasteiger partial charge in [-0.25, -0.2) is 12.7 Å². The summed E-state index contributed by atoms with van der Waals surface area (Å²) in [6, 6.07) is 4.30. The highest BCUT2D eigenvalue weighted by atomic mass is 32.2. The van der Waals surface area contributed by atoms with Gasteiger partial charge in [0.05, 0.1) is 12.0 Å². The van der Waals surface area contributed by atoms with Gasteiger partial charge in [0.1, 0.15) is 5.75 Å². The Hall–Kier alpha value is -1.68. The van der Waals surface area contributed by atoms with Crippen molar-refractivity contribution in [2.24, 2.45) is 5.92 Å². The first-order valence-corrected chi connectivity index (χ1v) is 16.0. The molecule has 3 fully saturated rings. The number of benzene rings is 1. The first-order valence-electron chi connectivity index (χ1n) is 14.5. The lowest BCUT2D eigenvalue weighted by Crippen LogP contribution is -2.47. The highest BCUT2D eigenvalue weighted by Gasteiger charge is 2.30. The molecule has 1 amide bonds. The van der Waals surface area contributed by atoms with E-state index in [2.05, 4.69) is 15.1 Å². The molecule has 8 nitrogen and oxygen atoms in total. The van der Waals surface area contributed by atoms with Crippen molar-refractivity contribution in [3.05, 3.63) is 23.3 Å². The Kier molecular flexibility index (Phi) is 10.1. The second-order valence-corrected chi connectivity index (χ2v) is 13.7. The molecule has 0 aromatic heterocycles. The third-order valence-corrected chi connectivity index (χ3v) is 11.2. The van der Waals surface area contributed by atoms with Crippen molar-refractivity contribution in [2.75, 3.05) is 53.4 Å². The van der Waals surface area contributed by atoms with E-state index in [-0.39, 0.29) is 24.9 Å². The van der Waals surface area contributed by atoms with Crippen LogP contribution < -0.4 is 10.1 Å². The van der Waals surface area contributed by atoms with Crippen LogP contribution in [0, 0.1) is 19.8 Å². The van der Waals surface area contributed by atoms with Gasteiger partial charge in [-0.1, -0.05) is 0 Å². The highest BCUT2D eigenvalue weighted by Crippen LogP contribution is 2.30. The Morgan fingerprint density at radius 3 is 2.21 bits per heavy atom. The number of carbonyl (C=O) groups excluding carboxylic acids is 1. The molecule has 1 N–H and O–H groups in total. The topological polar surface area (TPSA) is 82.2 Å². The normalized spacial score (nSPS) is 23.8. The summed E-state index contributed by atoms with van der Waals surface area (Å²) in [5, 5.41) is 3.17. The summed E-state index contributed by atoms with van der Waals surface area (Å²) < 4.78 is 33.0. The molecule has 0 unspecified atom stereocenters. The van der Waals surface area contributed by atoms with Crippen molar-refractivity contribution >= 4 is 15.9 Å². The monoisotopic (exact) mass is 548 g/mol. The quantitative estimate of drug-likeness (QED) is 0.456. The summed E-state index contributed by atoms with van der Waals surface area (Å²) in [5.74, 6) is 1.46. The number of aryl methyl sites for hydroxylation is 2. The first-order chi connectivity index (χ1) is 18.2. The Labute approximate surface area is 230 Å². The van der Waals surface area contributed by atoms with Gasteiger partial charge in [0, 0.05) is 32.1 Å². The van der Waals surface area contributed by atoms with Crippen molar-refractivity contribution in [1.82, 2.24) is 19.4 Å². The van der Waals surface area contributed by atoms with Crippen LogP contribution in [-0.4, -0.2) is 93.9 Å². The largest absolute Gasteiger partial charge is 0.497 e. The van der Waals surface area contributed by atoms with E-state index >= 15 is 0 Å². The molecule has 1 aromatic carbocycles. The number of rotatable bonds is 11. The van der Waals surface area contributed by atoms with Crippen LogP contribution in [0.5, 0.6) is 5.75 Å². The van der Waals surface area contributed by atoms with Gasteiger partial charge in [0.2, 0.25) is 15.9 Å². The summed E-state index contributed by atoms with van der Waals surface area (Å²) in [6.07, 6.45) is 9.84. The third kappa shape index (κ3) is 7.29. The maximum absolute atomic E-state index is 13.2. The number of likely N-dealkylation sites (tertiary alicyclic amines) is 2. The van der Waals surface area contributed by atoms with Crippen molar-refractivity contribution in [2.45, 2.75) is 88.6 Å². The zero-order valence-electron chi connectivity index (χ0n) is 23.9. The number of hydrogen-bond acceptors (Lipinski definition) is 6. The predicted octanol–water partition coefficient (Wildman–Crippen LogP) is 3.56. The van der Waals surface area contributed by atoms with E-state index in [9.17, 15) is 13.2 Å². The maximum atomic E-state index is 13.2. The predicted molar refractivity (Wildman–Crippen MR) is 151 cm³/mol. The molecule has 0 atom stereocenters. The number of sulfonamides is 1. The van der Waals surface area contributed by atoms with Crippen molar-refractivity contribution in [3.63, 3.8) is 0 Å². The Bertz CT molecular complexity index is 1020. The summed E-state index contributed by atoms with van der Waals surface area (Å²) in [5.41, 5.74) is 1.29. The molecule has 38 heavy (non-hydrogen) atoms. The standard InChI is InChI=1S/C29H48N4O4S/c1-22-20-27(37-4)21-23(2)29(22)38(35,36)31(3)16-13-28(34)30-25-6-8-26(9-7-25)33-18-11-24(12-19-33)10-17-32-14-5-15-32/h20-21,24-26H,5-19H2,1-4H3,(H,30,34). The average molecular weight is 549 g/mol. The number of carbonyl (C=O) groups is 1. The second kappa shape index (κ2) is 13.1. The van der Waals surface area contributed by atoms with Crippen LogP contribution in [0.4, 0.5) is 0 Å². The van der Waals surface area contributed by atoms with Gasteiger partial charge in [-0.05, 0) is 127 Å². The Balaban J connectivity index is 1.16. The summed E-state index contributed by atoms with van der Waals surface area (Å²) in [6.45, 7) is 10.0. The Morgan fingerprint density at radius 1 is 1.03 bits per heavy atom. The lowest BCUT2D eigenvalue weighted by atomic mass is 9.86. The van der Waals surface area contributed by atoms with Gasteiger partial charge in [0.25, 0.3) is 0 Å². The van der Waals surface area contributed by atoms with Crippen LogP contribution in [0.2, 0.25) is 0 Å². The maximum Gasteiger partial charge on any atom is 0.243 e. The van der Waals surface area contributed by atoms with Crippen LogP contribution in [0.3, 0.4) is 0 Å². The minimum Gasteiger partial charge on any atom is -0.497 e. The molecule has 4 rings (SSSR count). The molecule has 1 aliphatic carbocycles. The minimum absolute atomic E-state index is 0.0679. The summed E-state index contributed by atoms with van der Waals surface area (Å²) in [4.78, 5) is 18.3. The average Bonchev–Trinajstić information content (AvgIpc) is 2.86. The lowest BCUT2D eigenvalue weighted by Gasteiger charge is -2.41. The van der Waals surface area contributed by atoms with Gasteiger partial charge in [0.15, 0.2) is 0 Å². The zero-order valence-corrected chi connectivity index (χ0v) is 24.7. The summed E-state index contributed by atoms with van der Waals surface area (Å²) >= 11 is 0. The number of nitrogens with one attached hydrogen (secondary N) is 1. The van der Waals surface area contributed by atoms with Gasteiger partial charge >= 0.3 is 0 Å². The molecule has 0 spiro atoms. The van der Waals surface area contributed by atoms with Crippen LogP contribution in [0.25, 0.3) is 0 Å². The zero-order chi connectivity index (χ0) is 27.3. The van der Waals surface area contributed by atoms with E-state index in [1.165, 1.54) is 62.7 Å². The lowest BCUT2D eigenvalue weighted by molar-refractivity contribution is -0.122. The molecule has 0 radical (unpaired) electrons. The van der Waals surface area contributed by atoms with E-state index < -0.39 is 10.0 Å². The molecule has 2 saturated heterocycles. The fourth-order valence-electron chi connectivity index (χ4n) is 6.43. The van der Waals surface area contributed by atoms with Crippen LogP contribution in [0.15, 0.2) is 17.0 Å². The fourth-order valence-corrected chi connectivity index (χ4v) is 8.01.